The van der Waals surface area contributed by atoms with Crippen molar-refractivity contribution in [1.29, 1.82) is 0 Å². The summed E-state index contributed by atoms with van der Waals surface area (Å²) in [5, 5.41) is 0. The van der Waals surface area contributed by atoms with Crippen molar-refractivity contribution in [1.82, 2.24) is 4.72 Å². The van der Waals surface area contributed by atoms with Gasteiger partial charge in [-0.05, 0) is 43.5 Å². The lowest BCUT2D eigenvalue weighted by Crippen LogP contribution is -2.35. The standard InChI is InChI=1S/C12H13F2NO5S/c13-11(14)19-9-4-6-10(7-5-9)21(17,18)15-12(16)20-8-2-1-3-8/h4-8,11H,1-3H2,(H,15,16). The summed E-state index contributed by atoms with van der Waals surface area (Å²) in [6, 6.07) is 4.24. The first-order valence-corrected chi connectivity index (χ1v) is 7.63. The summed E-state index contributed by atoms with van der Waals surface area (Å²) in [4.78, 5) is 11.2. The van der Waals surface area contributed by atoms with Crippen molar-refractivity contribution in [2.24, 2.45) is 0 Å². The van der Waals surface area contributed by atoms with E-state index in [1.807, 2.05) is 0 Å². The van der Waals surface area contributed by atoms with Crippen LogP contribution < -0.4 is 9.46 Å². The second-order valence-electron chi connectivity index (χ2n) is 4.41. The van der Waals surface area contributed by atoms with Crippen molar-refractivity contribution in [3.05, 3.63) is 24.3 Å². The lowest BCUT2D eigenvalue weighted by Gasteiger charge is -2.24. The van der Waals surface area contributed by atoms with Gasteiger partial charge in [0.05, 0.1) is 4.90 Å². The van der Waals surface area contributed by atoms with Gasteiger partial charge in [-0.25, -0.2) is 17.9 Å². The Morgan fingerprint density at radius 2 is 1.86 bits per heavy atom. The molecule has 0 aliphatic heterocycles. The van der Waals surface area contributed by atoms with Crippen LogP contribution in [0.2, 0.25) is 0 Å². The Bertz CT molecular complexity index is 599. The molecule has 0 heterocycles. The summed E-state index contributed by atoms with van der Waals surface area (Å²) < 4.78 is 58.4. The van der Waals surface area contributed by atoms with Crippen LogP contribution >= 0.6 is 0 Å². The Labute approximate surface area is 120 Å². The van der Waals surface area contributed by atoms with Gasteiger partial charge in [0.25, 0.3) is 10.0 Å². The molecule has 6 nitrogen and oxygen atoms in total. The monoisotopic (exact) mass is 321 g/mol. The van der Waals surface area contributed by atoms with E-state index in [2.05, 4.69) is 4.74 Å². The number of hydrogen-bond acceptors (Lipinski definition) is 5. The van der Waals surface area contributed by atoms with Gasteiger partial charge < -0.3 is 9.47 Å². The van der Waals surface area contributed by atoms with E-state index in [1.54, 1.807) is 4.72 Å². The third-order valence-corrected chi connectivity index (χ3v) is 4.23. The molecule has 2 rings (SSSR count). The Kier molecular flexibility index (Phi) is 4.61. The van der Waals surface area contributed by atoms with E-state index in [0.29, 0.717) is 12.8 Å². The molecule has 21 heavy (non-hydrogen) atoms. The second-order valence-corrected chi connectivity index (χ2v) is 6.10. The largest absolute Gasteiger partial charge is 0.446 e. The predicted molar refractivity (Wildman–Crippen MR) is 67.5 cm³/mol. The third kappa shape index (κ3) is 4.28. The molecular formula is C12H13F2NO5S. The first-order chi connectivity index (χ1) is 9.87. The van der Waals surface area contributed by atoms with Crippen LogP contribution in [0.3, 0.4) is 0 Å². The SMILES string of the molecule is O=C(NS(=O)(=O)c1ccc(OC(F)F)cc1)OC1CCC1. The molecule has 0 unspecified atom stereocenters. The molecule has 116 valence electrons. The molecule has 1 aliphatic rings. The maximum Gasteiger partial charge on any atom is 0.421 e. The summed E-state index contributed by atoms with van der Waals surface area (Å²) in [6.45, 7) is -3.00. The van der Waals surface area contributed by atoms with Gasteiger partial charge in [-0.3, -0.25) is 0 Å². The van der Waals surface area contributed by atoms with E-state index in [1.165, 1.54) is 0 Å². The zero-order valence-corrected chi connectivity index (χ0v) is 11.6. The molecule has 0 spiro atoms. The Balaban J connectivity index is 1.99. The van der Waals surface area contributed by atoms with E-state index in [-0.39, 0.29) is 16.7 Å². The fourth-order valence-electron chi connectivity index (χ4n) is 1.63. The van der Waals surface area contributed by atoms with Crippen LogP contribution in [0.5, 0.6) is 5.75 Å². The van der Waals surface area contributed by atoms with Crippen LogP contribution in [-0.2, 0) is 14.8 Å². The van der Waals surface area contributed by atoms with Crippen LogP contribution in [0.4, 0.5) is 13.6 Å². The van der Waals surface area contributed by atoms with Gasteiger partial charge in [0.2, 0.25) is 0 Å². The molecule has 1 aromatic rings. The lowest BCUT2D eigenvalue weighted by atomic mass is 9.96. The number of nitrogens with one attached hydrogen (secondary N) is 1. The van der Waals surface area contributed by atoms with Crippen molar-refractivity contribution in [2.45, 2.75) is 36.9 Å². The molecule has 1 amide bonds. The van der Waals surface area contributed by atoms with Crippen molar-refractivity contribution >= 4 is 16.1 Å². The number of benzene rings is 1. The van der Waals surface area contributed by atoms with Crippen molar-refractivity contribution < 1.29 is 31.5 Å². The van der Waals surface area contributed by atoms with Gasteiger partial charge in [0.15, 0.2) is 0 Å². The molecule has 1 saturated carbocycles. The predicted octanol–water partition coefficient (Wildman–Crippen LogP) is 2.26. The average molecular weight is 321 g/mol. The molecular weight excluding hydrogens is 308 g/mol. The number of hydrogen-bond donors (Lipinski definition) is 1. The fraction of sp³-hybridized carbons (Fsp3) is 0.417. The van der Waals surface area contributed by atoms with Crippen LogP contribution in [0.25, 0.3) is 0 Å². The Morgan fingerprint density at radius 3 is 2.33 bits per heavy atom. The number of alkyl halides is 2. The number of amides is 1. The first-order valence-electron chi connectivity index (χ1n) is 6.15. The minimum absolute atomic E-state index is 0.180. The molecule has 9 heteroatoms. The minimum atomic E-state index is -4.10. The van der Waals surface area contributed by atoms with Crippen LogP contribution in [0.1, 0.15) is 19.3 Å². The molecule has 0 bridgehead atoms. The van der Waals surface area contributed by atoms with Gasteiger partial charge in [-0.2, -0.15) is 8.78 Å². The summed E-state index contributed by atoms with van der Waals surface area (Å²) in [6.07, 6.45) is 1.07. The average Bonchev–Trinajstić information content (AvgIpc) is 2.33. The molecule has 1 fully saturated rings. The van der Waals surface area contributed by atoms with Gasteiger partial charge in [-0.1, -0.05) is 0 Å². The zero-order valence-electron chi connectivity index (χ0n) is 10.8. The molecule has 0 aromatic heterocycles. The van der Waals surface area contributed by atoms with Crippen LogP contribution in [0, 0.1) is 0 Å². The molecule has 1 aromatic carbocycles. The van der Waals surface area contributed by atoms with Crippen molar-refractivity contribution in [2.75, 3.05) is 0 Å². The summed E-state index contributed by atoms with van der Waals surface area (Å²) in [5.41, 5.74) is 0. The van der Waals surface area contributed by atoms with Gasteiger partial charge >= 0.3 is 12.7 Å². The smallest absolute Gasteiger partial charge is 0.421 e. The van der Waals surface area contributed by atoms with E-state index in [0.717, 1.165) is 30.7 Å². The molecule has 0 saturated heterocycles. The number of rotatable bonds is 5. The fourth-order valence-corrected chi connectivity index (χ4v) is 2.51. The Morgan fingerprint density at radius 1 is 1.24 bits per heavy atom. The van der Waals surface area contributed by atoms with E-state index in [9.17, 15) is 22.0 Å². The summed E-state index contributed by atoms with van der Waals surface area (Å²) in [5.74, 6) is -0.180. The third-order valence-electron chi connectivity index (χ3n) is 2.90. The van der Waals surface area contributed by atoms with E-state index < -0.39 is 22.7 Å². The maximum atomic E-state index is 12.0. The quantitative estimate of drug-likeness (QED) is 0.899. The second kappa shape index (κ2) is 6.25. The highest BCUT2D eigenvalue weighted by molar-refractivity contribution is 7.90. The number of carbonyl (C=O) groups is 1. The zero-order chi connectivity index (χ0) is 15.5. The Hall–Kier alpha value is -1.90. The number of carbonyl (C=O) groups excluding carboxylic acids is 1. The molecule has 0 radical (unpaired) electrons. The molecule has 1 aliphatic carbocycles. The van der Waals surface area contributed by atoms with Crippen molar-refractivity contribution in [3.8, 4) is 5.75 Å². The number of ether oxygens (including phenoxy) is 2. The van der Waals surface area contributed by atoms with Gasteiger partial charge in [-0.15, -0.1) is 0 Å². The normalized spacial score (nSPS) is 15.4. The molecule has 0 atom stereocenters. The van der Waals surface area contributed by atoms with Gasteiger partial charge in [0, 0.05) is 0 Å². The highest BCUT2D eigenvalue weighted by atomic mass is 32.2. The lowest BCUT2D eigenvalue weighted by molar-refractivity contribution is -0.0498. The minimum Gasteiger partial charge on any atom is -0.446 e. The van der Waals surface area contributed by atoms with E-state index >= 15 is 0 Å². The number of halogens is 2. The highest BCUT2D eigenvalue weighted by Crippen LogP contribution is 2.22. The first kappa shape index (κ1) is 15.5. The van der Waals surface area contributed by atoms with Crippen LogP contribution in [-0.4, -0.2) is 27.2 Å². The van der Waals surface area contributed by atoms with Gasteiger partial charge in [0.1, 0.15) is 11.9 Å². The summed E-state index contributed by atoms with van der Waals surface area (Å²) in [7, 11) is -4.10. The topological polar surface area (TPSA) is 81.7 Å². The molecule has 1 N–H and O–H groups in total. The highest BCUT2D eigenvalue weighted by Gasteiger charge is 2.25. The van der Waals surface area contributed by atoms with Crippen LogP contribution in [0.15, 0.2) is 29.2 Å². The summed E-state index contributed by atoms with van der Waals surface area (Å²) >= 11 is 0. The number of sulfonamides is 1. The van der Waals surface area contributed by atoms with Crippen molar-refractivity contribution in [3.63, 3.8) is 0 Å². The maximum absolute atomic E-state index is 12.0. The van der Waals surface area contributed by atoms with E-state index in [4.69, 9.17) is 4.74 Å².